The minimum atomic E-state index is -0.114. The quantitative estimate of drug-likeness (QED) is 0.878. The number of benzene rings is 1. The Morgan fingerprint density at radius 2 is 2.29 bits per heavy atom. The van der Waals surface area contributed by atoms with Crippen molar-refractivity contribution in [3.8, 4) is 11.8 Å². The minimum absolute atomic E-state index is 0.0430. The van der Waals surface area contributed by atoms with Gasteiger partial charge in [0.25, 0.3) is 5.91 Å². The van der Waals surface area contributed by atoms with E-state index in [1.54, 1.807) is 24.3 Å². The fourth-order valence-corrected chi connectivity index (χ4v) is 3.78. The Bertz CT molecular complexity index is 527. The Balaban J connectivity index is 1.84. The molecular formula is C16H20N2O2S. The second-order valence-corrected chi connectivity index (χ2v) is 6.51. The zero-order valence-corrected chi connectivity index (χ0v) is 13.0. The average Bonchev–Trinajstić information content (AvgIpc) is 2.93. The van der Waals surface area contributed by atoms with E-state index in [-0.39, 0.29) is 18.6 Å². The first-order chi connectivity index (χ1) is 10.2. The molecule has 0 aliphatic heterocycles. The van der Waals surface area contributed by atoms with Crippen LogP contribution in [-0.4, -0.2) is 29.6 Å². The third kappa shape index (κ3) is 4.40. The molecule has 1 saturated carbocycles. The summed E-state index contributed by atoms with van der Waals surface area (Å²) >= 11 is 1.91. The fraction of sp³-hybridized carbons (Fsp3) is 0.500. The fourth-order valence-electron chi connectivity index (χ4n) is 2.58. The highest BCUT2D eigenvalue weighted by atomic mass is 32.2. The molecule has 1 fully saturated rings. The van der Waals surface area contributed by atoms with Crippen LogP contribution in [0.5, 0.6) is 5.75 Å². The molecule has 0 saturated heterocycles. The maximum Gasteiger partial charge on any atom is 0.258 e. The molecule has 1 amide bonds. The van der Waals surface area contributed by atoms with Gasteiger partial charge in [0.2, 0.25) is 0 Å². The number of rotatable bonds is 6. The standard InChI is InChI=1S/C16H20N2O2S/c1-2-21-15-9-5-7-13(15)18-16(19)11-20-14-8-4-3-6-12(14)10-17/h3-4,6,8,13,15H,2,5,7,9,11H2,1H3,(H,18,19). The smallest absolute Gasteiger partial charge is 0.258 e. The van der Waals surface area contributed by atoms with Gasteiger partial charge in [-0.1, -0.05) is 25.5 Å². The van der Waals surface area contributed by atoms with Crippen molar-refractivity contribution in [3.05, 3.63) is 29.8 Å². The van der Waals surface area contributed by atoms with Crippen molar-refractivity contribution >= 4 is 17.7 Å². The van der Waals surface area contributed by atoms with Crippen LogP contribution in [0.25, 0.3) is 0 Å². The molecule has 0 aromatic heterocycles. The lowest BCUT2D eigenvalue weighted by molar-refractivity contribution is -0.123. The summed E-state index contributed by atoms with van der Waals surface area (Å²) in [6, 6.07) is 9.25. The van der Waals surface area contributed by atoms with Gasteiger partial charge < -0.3 is 10.1 Å². The molecule has 2 rings (SSSR count). The second kappa shape index (κ2) is 7.94. The van der Waals surface area contributed by atoms with Crippen LogP contribution < -0.4 is 10.1 Å². The van der Waals surface area contributed by atoms with Crippen molar-refractivity contribution in [2.45, 2.75) is 37.5 Å². The van der Waals surface area contributed by atoms with Gasteiger partial charge >= 0.3 is 0 Å². The molecule has 5 heteroatoms. The predicted octanol–water partition coefficient (Wildman–Crippen LogP) is 2.73. The maximum absolute atomic E-state index is 12.0. The largest absolute Gasteiger partial charge is 0.482 e. The van der Waals surface area contributed by atoms with Gasteiger partial charge in [-0.05, 0) is 30.7 Å². The Morgan fingerprint density at radius 3 is 3.05 bits per heavy atom. The summed E-state index contributed by atoms with van der Waals surface area (Å²) in [6.45, 7) is 2.10. The first-order valence-corrected chi connectivity index (χ1v) is 8.32. The number of para-hydroxylation sites is 1. The number of hydrogen-bond donors (Lipinski definition) is 1. The van der Waals surface area contributed by atoms with Gasteiger partial charge in [-0.25, -0.2) is 0 Å². The topological polar surface area (TPSA) is 62.1 Å². The van der Waals surface area contributed by atoms with Gasteiger partial charge in [0.1, 0.15) is 11.8 Å². The Kier molecular flexibility index (Phi) is 5.94. The van der Waals surface area contributed by atoms with Crippen molar-refractivity contribution < 1.29 is 9.53 Å². The molecule has 1 aromatic rings. The number of thioether (sulfide) groups is 1. The summed E-state index contributed by atoms with van der Waals surface area (Å²) in [4.78, 5) is 12.0. The molecule has 1 aliphatic rings. The molecule has 21 heavy (non-hydrogen) atoms. The van der Waals surface area contributed by atoms with Crippen LogP contribution in [-0.2, 0) is 4.79 Å². The van der Waals surface area contributed by atoms with Gasteiger partial charge in [0.05, 0.1) is 5.56 Å². The molecule has 0 spiro atoms. The zero-order chi connectivity index (χ0) is 15.1. The highest BCUT2D eigenvalue weighted by Gasteiger charge is 2.28. The summed E-state index contributed by atoms with van der Waals surface area (Å²) < 4.78 is 5.45. The van der Waals surface area contributed by atoms with E-state index in [1.165, 1.54) is 12.8 Å². The van der Waals surface area contributed by atoms with E-state index < -0.39 is 0 Å². The van der Waals surface area contributed by atoms with Crippen molar-refractivity contribution in [3.63, 3.8) is 0 Å². The number of nitrogens with one attached hydrogen (secondary N) is 1. The molecular weight excluding hydrogens is 284 g/mol. The predicted molar refractivity (Wildman–Crippen MR) is 84.4 cm³/mol. The number of ether oxygens (including phenoxy) is 1. The normalized spacial score (nSPS) is 20.8. The Hall–Kier alpha value is -1.67. The Morgan fingerprint density at radius 1 is 1.48 bits per heavy atom. The number of carbonyl (C=O) groups excluding carboxylic acids is 1. The Labute approximate surface area is 129 Å². The zero-order valence-electron chi connectivity index (χ0n) is 12.2. The number of carbonyl (C=O) groups is 1. The number of nitriles is 1. The highest BCUT2D eigenvalue weighted by Crippen LogP contribution is 2.29. The first-order valence-electron chi connectivity index (χ1n) is 7.27. The monoisotopic (exact) mass is 304 g/mol. The van der Waals surface area contributed by atoms with E-state index in [9.17, 15) is 4.79 Å². The number of nitrogens with zero attached hydrogens (tertiary/aromatic N) is 1. The summed E-state index contributed by atoms with van der Waals surface area (Å²) in [5.41, 5.74) is 0.450. The minimum Gasteiger partial charge on any atom is -0.482 e. The first kappa shape index (κ1) is 15.7. The van der Waals surface area contributed by atoms with Crippen LogP contribution in [0.4, 0.5) is 0 Å². The second-order valence-electron chi connectivity index (χ2n) is 5.00. The van der Waals surface area contributed by atoms with E-state index in [4.69, 9.17) is 10.00 Å². The van der Waals surface area contributed by atoms with E-state index in [0.717, 1.165) is 12.2 Å². The molecule has 112 valence electrons. The number of amides is 1. The van der Waals surface area contributed by atoms with E-state index >= 15 is 0 Å². The van der Waals surface area contributed by atoms with E-state index in [0.29, 0.717) is 16.6 Å². The molecule has 1 aromatic carbocycles. The van der Waals surface area contributed by atoms with Crippen LogP contribution in [0.1, 0.15) is 31.7 Å². The van der Waals surface area contributed by atoms with Gasteiger partial charge in [-0.15, -0.1) is 0 Å². The van der Waals surface area contributed by atoms with Crippen LogP contribution in [0, 0.1) is 11.3 Å². The molecule has 1 aliphatic carbocycles. The lowest BCUT2D eigenvalue weighted by Gasteiger charge is -2.20. The summed E-state index contributed by atoms with van der Waals surface area (Å²) in [6.07, 6.45) is 3.38. The molecule has 1 N–H and O–H groups in total. The SMILES string of the molecule is CCSC1CCCC1NC(=O)COc1ccccc1C#N. The van der Waals surface area contributed by atoms with Crippen molar-refractivity contribution in [2.24, 2.45) is 0 Å². The van der Waals surface area contributed by atoms with E-state index in [1.807, 2.05) is 11.8 Å². The highest BCUT2D eigenvalue weighted by molar-refractivity contribution is 7.99. The molecule has 0 radical (unpaired) electrons. The molecule has 2 atom stereocenters. The third-order valence-corrected chi connectivity index (χ3v) is 4.87. The van der Waals surface area contributed by atoms with Crippen LogP contribution >= 0.6 is 11.8 Å². The average molecular weight is 304 g/mol. The molecule has 4 nitrogen and oxygen atoms in total. The van der Waals surface area contributed by atoms with Gasteiger partial charge in [-0.2, -0.15) is 17.0 Å². The third-order valence-electron chi connectivity index (χ3n) is 3.55. The summed E-state index contributed by atoms with van der Waals surface area (Å²) in [5.74, 6) is 1.42. The van der Waals surface area contributed by atoms with Crippen LogP contribution in [0.15, 0.2) is 24.3 Å². The van der Waals surface area contributed by atoms with Gasteiger partial charge in [0, 0.05) is 11.3 Å². The summed E-state index contributed by atoms with van der Waals surface area (Å²) in [5, 5.41) is 12.5. The van der Waals surface area contributed by atoms with Crippen molar-refractivity contribution in [1.29, 1.82) is 5.26 Å². The van der Waals surface area contributed by atoms with Crippen LogP contribution in [0.2, 0.25) is 0 Å². The lowest BCUT2D eigenvalue weighted by Crippen LogP contribution is -2.41. The van der Waals surface area contributed by atoms with Crippen molar-refractivity contribution in [1.82, 2.24) is 5.32 Å². The molecule has 2 unspecified atom stereocenters. The van der Waals surface area contributed by atoms with Crippen LogP contribution in [0.3, 0.4) is 0 Å². The number of hydrogen-bond acceptors (Lipinski definition) is 4. The maximum atomic E-state index is 12.0. The summed E-state index contributed by atoms with van der Waals surface area (Å²) in [7, 11) is 0. The van der Waals surface area contributed by atoms with Gasteiger partial charge in [-0.3, -0.25) is 4.79 Å². The molecule has 0 heterocycles. The van der Waals surface area contributed by atoms with Gasteiger partial charge in [0.15, 0.2) is 6.61 Å². The molecule has 0 bridgehead atoms. The van der Waals surface area contributed by atoms with E-state index in [2.05, 4.69) is 18.3 Å². The van der Waals surface area contributed by atoms with Crippen molar-refractivity contribution in [2.75, 3.05) is 12.4 Å². The lowest BCUT2D eigenvalue weighted by atomic mass is 10.2.